The van der Waals surface area contributed by atoms with Crippen LogP contribution in [0.15, 0.2) is 23.1 Å². The Hall–Kier alpha value is -1.58. The van der Waals surface area contributed by atoms with Gasteiger partial charge in [-0.25, -0.2) is 0 Å². The molecule has 0 aliphatic carbocycles. The number of aromatic nitrogens is 1. The summed E-state index contributed by atoms with van der Waals surface area (Å²) in [5.41, 5.74) is -0.855. The first-order valence-electron chi connectivity index (χ1n) is 4.30. The van der Waals surface area contributed by atoms with Crippen LogP contribution in [0.3, 0.4) is 0 Å². The average molecular weight is 195 g/mol. The van der Waals surface area contributed by atoms with E-state index in [0.29, 0.717) is 0 Å². The minimum atomic E-state index is -0.567. The summed E-state index contributed by atoms with van der Waals surface area (Å²) in [4.78, 5) is 24.7. The van der Waals surface area contributed by atoms with Gasteiger partial charge >= 0.3 is 5.97 Å². The average Bonchev–Trinajstić information content (AvgIpc) is 2.02. The summed E-state index contributed by atoms with van der Waals surface area (Å²) in [6.07, 6.45) is 1.44. The molecule has 0 unspecified atom stereocenters. The van der Waals surface area contributed by atoms with Crippen molar-refractivity contribution in [2.75, 3.05) is 0 Å². The van der Waals surface area contributed by atoms with E-state index < -0.39 is 5.41 Å². The van der Waals surface area contributed by atoms with Crippen LogP contribution in [-0.4, -0.2) is 11.0 Å². The zero-order valence-electron chi connectivity index (χ0n) is 8.46. The van der Waals surface area contributed by atoms with E-state index in [-0.39, 0.29) is 17.3 Å². The van der Waals surface area contributed by atoms with Crippen molar-refractivity contribution in [3.8, 4) is 5.75 Å². The molecule has 1 rings (SSSR count). The molecule has 0 spiro atoms. The number of aromatic amines is 1. The molecule has 4 heteroatoms. The third kappa shape index (κ3) is 2.73. The highest BCUT2D eigenvalue weighted by atomic mass is 16.5. The summed E-state index contributed by atoms with van der Waals surface area (Å²) in [5, 5.41) is 0. The molecule has 0 saturated heterocycles. The first-order valence-corrected chi connectivity index (χ1v) is 4.30. The van der Waals surface area contributed by atoms with E-state index >= 15 is 0 Å². The third-order valence-electron chi connectivity index (χ3n) is 1.57. The van der Waals surface area contributed by atoms with E-state index in [0.717, 1.165) is 0 Å². The Morgan fingerprint density at radius 1 is 1.43 bits per heavy atom. The molecule has 0 amide bonds. The van der Waals surface area contributed by atoms with Gasteiger partial charge in [-0.05, 0) is 26.8 Å². The third-order valence-corrected chi connectivity index (χ3v) is 1.57. The van der Waals surface area contributed by atoms with Crippen LogP contribution in [0.5, 0.6) is 5.75 Å². The number of hydrogen-bond acceptors (Lipinski definition) is 3. The molecule has 1 N–H and O–H groups in total. The molecule has 76 valence electrons. The lowest BCUT2D eigenvalue weighted by Crippen LogP contribution is -2.26. The molecule has 14 heavy (non-hydrogen) atoms. The second kappa shape index (κ2) is 3.65. The number of nitrogens with one attached hydrogen (secondary N) is 1. The van der Waals surface area contributed by atoms with Gasteiger partial charge in [0.05, 0.1) is 5.41 Å². The van der Waals surface area contributed by atoms with Gasteiger partial charge in [0.25, 0.3) is 5.56 Å². The fourth-order valence-corrected chi connectivity index (χ4v) is 0.749. The molecule has 1 heterocycles. The Balaban J connectivity index is 2.80. The van der Waals surface area contributed by atoms with E-state index in [4.69, 9.17) is 4.74 Å². The molecule has 0 aliphatic rings. The highest BCUT2D eigenvalue weighted by Crippen LogP contribution is 2.17. The summed E-state index contributed by atoms with van der Waals surface area (Å²) in [6.45, 7) is 5.26. The second-order valence-corrected chi connectivity index (χ2v) is 4.03. The standard InChI is InChI=1S/C10H13NO3/c1-10(2,3)9(13)14-7-4-5-11-8(12)6-7/h4-6H,1-3H3,(H,11,12). The number of hydrogen-bond donors (Lipinski definition) is 1. The molecule has 1 aromatic heterocycles. The molecular formula is C10H13NO3. The Morgan fingerprint density at radius 2 is 2.07 bits per heavy atom. The van der Waals surface area contributed by atoms with Crippen molar-refractivity contribution in [1.29, 1.82) is 0 Å². The van der Waals surface area contributed by atoms with Crippen LogP contribution in [-0.2, 0) is 4.79 Å². The van der Waals surface area contributed by atoms with Gasteiger partial charge in [-0.1, -0.05) is 0 Å². The van der Waals surface area contributed by atoms with Crippen LogP contribution in [0.2, 0.25) is 0 Å². The van der Waals surface area contributed by atoms with Crippen LogP contribution in [0.1, 0.15) is 20.8 Å². The van der Waals surface area contributed by atoms with E-state index in [1.807, 2.05) is 0 Å². The van der Waals surface area contributed by atoms with Crippen molar-refractivity contribution in [3.05, 3.63) is 28.7 Å². The van der Waals surface area contributed by atoms with E-state index in [1.54, 1.807) is 20.8 Å². The minimum absolute atomic E-state index is 0.272. The van der Waals surface area contributed by atoms with E-state index in [2.05, 4.69) is 4.98 Å². The van der Waals surface area contributed by atoms with Gasteiger partial charge in [0.2, 0.25) is 0 Å². The molecule has 0 saturated carbocycles. The number of carbonyl (C=O) groups is 1. The maximum atomic E-state index is 11.4. The van der Waals surface area contributed by atoms with E-state index in [1.165, 1.54) is 18.3 Å². The molecule has 0 radical (unpaired) electrons. The van der Waals surface area contributed by atoms with Crippen molar-refractivity contribution < 1.29 is 9.53 Å². The molecule has 0 bridgehead atoms. The van der Waals surface area contributed by atoms with Crippen molar-refractivity contribution in [2.45, 2.75) is 20.8 Å². The SMILES string of the molecule is CC(C)(C)C(=O)Oc1cc[nH]c(=O)c1. The molecule has 0 aromatic carbocycles. The number of pyridine rings is 1. The Bertz CT molecular complexity index is 387. The normalized spacial score (nSPS) is 11.1. The number of rotatable bonds is 1. The zero-order valence-corrected chi connectivity index (χ0v) is 8.46. The Labute approximate surface area is 81.9 Å². The number of carbonyl (C=O) groups excluding carboxylic acids is 1. The van der Waals surface area contributed by atoms with Gasteiger partial charge < -0.3 is 9.72 Å². The summed E-state index contributed by atoms with van der Waals surface area (Å²) in [5.74, 6) is -0.0863. The summed E-state index contributed by atoms with van der Waals surface area (Å²) >= 11 is 0. The fourth-order valence-electron chi connectivity index (χ4n) is 0.749. The summed E-state index contributed by atoms with van der Waals surface area (Å²) < 4.78 is 5.00. The van der Waals surface area contributed by atoms with Gasteiger partial charge in [0, 0.05) is 12.3 Å². The lowest BCUT2D eigenvalue weighted by atomic mass is 9.97. The summed E-state index contributed by atoms with van der Waals surface area (Å²) in [7, 11) is 0. The molecule has 0 fully saturated rings. The number of H-pyrrole nitrogens is 1. The highest BCUT2D eigenvalue weighted by molar-refractivity contribution is 5.77. The number of esters is 1. The van der Waals surface area contributed by atoms with Gasteiger partial charge in [0.15, 0.2) is 0 Å². The lowest BCUT2D eigenvalue weighted by Gasteiger charge is -2.15. The Kier molecular flexibility index (Phi) is 2.74. The first-order chi connectivity index (χ1) is 6.39. The monoisotopic (exact) mass is 195 g/mol. The second-order valence-electron chi connectivity index (χ2n) is 4.03. The molecule has 0 aliphatic heterocycles. The topological polar surface area (TPSA) is 59.2 Å². The maximum absolute atomic E-state index is 11.4. The fraction of sp³-hybridized carbons (Fsp3) is 0.400. The van der Waals surface area contributed by atoms with Gasteiger partial charge in [-0.15, -0.1) is 0 Å². The largest absolute Gasteiger partial charge is 0.426 e. The van der Waals surface area contributed by atoms with E-state index in [9.17, 15) is 9.59 Å². The van der Waals surface area contributed by atoms with Crippen LogP contribution < -0.4 is 10.3 Å². The summed E-state index contributed by atoms with van der Waals surface area (Å²) in [6, 6.07) is 2.77. The molecule has 1 aromatic rings. The van der Waals surface area contributed by atoms with Gasteiger partial charge in [0.1, 0.15) is 5.75 Å². The highest BCUT2D eigenvalue weighted by Gasteiger charge is 2.23. The van der Waals surface area contributed by atoms with Crippen molar-refractivity contribution >= 4 is 5.97 Å². The van der Waals surface area contributed by atoms with Crippen molar-refractivity contribution in [3.63, 3.8) is 0 Å². The quantitative estimate of drug-likeness (QED) is 0.687. The Morgan fingerprint density at radius 3 is 2.57 bits per heavy atom. The van der Waals surface area contributed by atoms with Crippen LogP contribution >= 0.6 is 0 Å². The van der Waals surface area contributed by atoms with Crippen molar-refractivity contribution in [1.82, 2.24) is 4.98 Å². The predicted molar refractivity (Wildman–Crippen MR) is 52.2 cm³/mol. The molecular weight excluding hydrogens is 182 g/mol. The predicted octanol–water partition coefficient (Wildman–Crippen LogP) is 1.33. The van der Waals surface area contributed by atoms with Gasteiger partial charge in [-0.2, -0.15) is 0 Å². The molecule has 4 nitrogen and oxygen atoms in total. The van der Waals surface area contributed by atoms with Crippen LogP contribution in [0, 0.1) is 5.41 Å². The molecule has 0 atom stereocenters. The number of ether oxygens (including phenoxy) is 1. The lowest BCUT2D eigenvalue weighted by molar-refractivity contribution is -0.143. The van der Waals surface area contributed by atoms with Gasteiger partial charge in [-0.3, -0.25) is 9.59 Å². The maximum Gasteiger partial charge on any atom is 0.316 e. The zero-order chi connectivity index (χ0) is 10.8. The smallest absolute Gasteiger partial charge is 0.316 e. The van der Waals surface area contributed by atoms with Crippen LogP contribution in [0.25, 0.3) is 0 Å². The minimum Gasteiger partial charge on any atom is -0.426 e. The van der Waals surface area contributed by atoms with Crippen LogP contribution in [0.4, 0.5) is 0 Å². The van der Waals surface area contributed by atoms with Crippen molar-refractivity contribution in [2.24, 2.45) is 5.41 Å². The first kappa shape index (κ1) is 10.5.